The molecule has 0 radical (unpaired) electrons. The molecule has 0 aromatic heterocycles. The third kappa shape index (κ3) is 4.22. The lowest BCUT2D eigenvalue weighted by Gasteiger charge is -2.05. The molecule has 0 aliphatic carbocycles. The fourth-order valence-electron chi connectivity index (χ4n) is 1.33. The fourth-order valence-corrected chi connectivity index (χ4v) is 1.33. The molecule has 0 aliphatic rings. The van der Waals surface area contributed by atoms with Gasteiger partial charge in [0.05, 0.1) is 0 Å². The molecule has 0 unspecified atom stereocenters. The molecule has 0 heterocycles. The van der Waals surface area contributed by atoms with E-state index in [1.807, 2.05) is 0 Å². The van der Waals surface area contributed by atoms with Crippen molar-refractivity contribution >= 4 is 11.9 Å². The van der Waals surface area contributed by atoms with Crippen molar-refractivity contribution in [3.05, 3.63) is 35.1 Å². The summed E-state index contributed by atoms with van der Waals surface area (Å²) in [7, 11) is 0. The van der Waals surface area contributed by atoms with Gasteiger partial charge in [-0.3, -0.25) is 9.59 Å². The van der Waals surface area contributed by atoms with E-state index in [1.165, 1.54) is 18.2 Å². The summed E-state index contributed by atoms with van der Waals surface area (Å²) in [6.07, 6.45) is 0.393. The van der Waals surface area contributed by atoms with Gasteiger partial charge < -0.3 is 10.4 Å². The molecule has 0 saturated heterocycles. The molecule has 0 fully saturated rings. The van der Waals surface area contributed by atoms with Crippen molar-refractivity contribution in [2.75, 3.05) is 6.54 Å². The van der Waals surface area contributed by atoms with Gasteiger partial charge in [0.25, 0.3) is 5.91 Å². The normalized spacial score (nSPS) is 10.0. The van der Waals surface area contributed by atoms with E-state index in [1.54, 1.807) is 6.92 Å². The highest BCUT2D eigenvalue weighted by atomic mass is 19.1. The molecule has 0 atom stereocenters. The lowest BCUT2D eigenvalue weighted by Crippen LogP contribution is -2.25. The number of carboxylic acids is 1. The summed E-state index contributed by atoms with van der Waals surface area (Å²) in [5, 5.41) is 11.0. The van der Waals surface area contributed by atoms with Gasteiger partial charge in [-0.2, -0.15) is 0 Å². The first-order valence-corrected chi connectivity index (χ1v) is 5.27. The lowest BCUT2D eigenvalue weighted by atomic mass is 10.1. The van der Waals surface area contributed by atoms with Gasteiger partial charge in [0.15, 0.2) is 0 Å². The number of carbonyl (C=O) groups excluding carboxylic acids is 1. The Morgan fingerprint density at radius 3 is 2.71 bits per heavy atom. The summed E-state index contributed by atoms with van der Waals surface area (Å²) in [4.78, 5) is 21.8. The molecule has 92 valence electrons. The molecular weight excluding hydrogens is 225 g/mol. The van der Waals surface area contributed by atoms with Crippen molar-refractivity contribution in [1.82, 2.24) is 5.32 Å². The molecular formula is C12H14FNO3. The standard InChI is InChI=1S/C12H14FNO3/c1-8-7-9(4-5-10(8)13)12(17)14-6-2-3-11(15)16/h4-5,7H,2-3,6H2,1H3,(H,14,17)(H,15,16). The Morgan fingerprint density at radius 1 is 1.41 bits per heavy atom. The Morgan fingerprint density at radius 2 is 2.12 bits per heavy atom. The van der Waals surface area contributed by atoms with Crippen LogP contribution < -0.4 is 5.32 Å². The van der Waals surface area contributed by atoms with Crippen LogP contribution in [-0.2, 0) is 4.79 Å². The molecule has 4 nitrogen and oxygen atoms in total. The topological polar surface area (TPSA) is 66.4 Å². The minimum absolute atomic E-state index is 0.0166. The number of nitrogens with one attached hydrogen (secondary N) is 1. The second-order valence-corrected chi connectivity index (χ2v) is 3.72. The number of amides is 1. The Bertz CT molecular complexity index is 432. The number of hydrogen-bond donors (Lipinski definition) is 2. The summed E-state index contributed by atoms with van der Waals surface area (Å²) in [6, 6.07) is 4.10. The zero-order chi connectivity index (χ0) is 12.8. The van der Waals surface area contributed by atoms with Crippen molar-refractivity contribution in [2.24, 2.45) is 0 Å². The molecule has 0 bridgehead atoms. The number of aryl methyl sites for hydroxylation is 1. The molecule has 1 amide bonds. The van der Waals surface area contributed by atoms with E-state index in [4.69, 9.17) is 5.11 Å². The van der Waals surface area contributed by atoms with Crippen LogP contribution in [0.5, 0.6) is 0 Å². The van der Waals surface area contributed by atoms with E-state index in [9.17, 15) is 14.0 Å². The predicted molar refractivity (Wildman–Crippen MR) is 60.3 cm³/mol. The number of hydrogen-bond acceptors (Lipinski definition) is 2. The van der Waals surface area contributed by atoms with Crippen LogP contribution in [0, 0.1) is 12.7 Å². The van der Waals surface area contributed by atoms with Crippen molar-refractivity contribution in [1.29, 1.82) is 0 Å². The summed E-state index contributed by atoms with van der Waals surface area (Å²) in [5.41, 5.74) is 0.780. The average molecular weight is 239 g/mol. The highest BCUT2D eigenvalue weighted by molar-refractivity contribution is 5.94. The molecule has 17 heavy (non-hydrogen) atoms. The van der Waals surface area contributed by atoms with E-state index >= 15 is 0 Å². The average Bonchev–Trinajstić information content (AvgIpc) is 2.27. The third-order valence-corrected chi connectivity index (χ3v) is 2.27. The van der Waals surface area contributed by atoms with Gasteiger partial charge in [-0.1, -0.05) is 0 Å². The first-order chi connectivity index (χ1) is 8.00. The smallest absolute Gasteiger partial charge is 0.303 e. The quantitative estimate of drug-likeness (QED) is 0.769. The number of carbonyl (C=O) groups is 2. The van der Waals surface area contributed by atoms with Gasteiger partial charge in [-0.15, -0.1) is 0 Å². The van der Waals surface area contributed by atoms with Crippen LogP contribution in [0.2, 0.25) is 0 Å². The minimum Gasteiger partial charge on any atom is -0.481 e. The molecule has 1 aromatic carbocycles. The van der Waals surface area contributed by atoms with Crippen LogP contribution >= 0.6 is 0 Å². The fraction of sp³-hybridized carbons (Fsp3) is 0.333. The van der Waals surface area contributed by atoms with Gasteiger partial charge in [0, 0.05) is 18.5 Å². The van der Waals surface area contributed by atoms with Crippen molar-refractivity contribution in [3.8, 4) is 0 Å². The van der Waals surface area contributed by atoms with Crippen LogP contribution in [0.25, 0.3) is 0 Å². The van der Waals surface area contributed by atoms with Crippen molar-refractivity contribution < 1.29 is 19.1 Å². The first-order valence-electron chi connectivity index (χ1n) is 5.27. The zero-order valence-electron chi connectivity index (χ0n) is 9.50. The second-order valence-electron chi connectivity index (χ2n) is 3.72. The number of aliphatic carboxylic acids is 1. The highest BCUT2D eigenvalue weighted by Gasteiger charge is 2.07. The molecule has 0 aliphatic heterocycles. The minimum atomic E-state index is -0.892. The van der Waals surface area contributed by atoms with E-state index in [-0.39, 0.29) is 18.1 Å². The molecule has 1 aromatic rings. The number of halogens is 1. The van der Waals surface area contributed by atoms with E-state index < -0.39 is 5.97 Å². The number of benzene rings is 1. The van der Waals surface area contributed by atoms with Crippen molar-refractivity contribution in [2.45, 2.75) is 19.8 Å². The second kappa shape index (κ2) is 5.98. The molecule has 0 spiro atoms. The van der Waals surface area contributed by atoms with Crippen LogP contribution in [0.15, 0.2) is 18.2 Å². The molecule has 1 rings (SSSR count). The zero-order valence-corrected chi connectivity index (χ0v) is 9.50. The maximum atomic E-state index is 13.0. The third-order valence-electron chi connectivity index (χ3n) is 2.27. The van der Waals surface area contributed by atoms with Crippen LogP contribution in [-0.4, -0.2) is 23.5 Å². The monoisotopic (exact) mass is 239 g/mol. The SMILES string of the molecule is Cc1cc(C(=O)NCCCC(=O)O)ccc1F. The Labute approximate surface area is 98.5 Å². The maximum Gasteiger partial charge on any atom is 0.303 e. The van der Waals surface area contributed by atoms with Gasteiger partial charge in [0.1, 0.15) is 5.82 Å². The maximum absolute atomic E-state index is 13.0. The summed E-state index contributed by atoms with van der Waals surface area (Å²) >= 11 is 0. The Balaban J connectivity index is 2.47. The van der Waals surface area contributed by atoms with Gasteiger partial charge in [-0.05, 0) is 37.1 Å². The number of carboxylic acid groups (broad SMARTS) is 1. The van der Waals surface area contributed by atoms with Crippen molar-refractivity contribution in [3.63, 3.8) is 0 Å². The highest BCUT2D eigenvalue weighted by Crippen LogP contribution is 2.08. The predicted octanol–water partition coefficient (Wildman–Crippen LogP) is 1.73. The van der Waals surface area contributed by atoms with Crippen LogP contribution in [0.3, 0.4) is 0 Å². The van der Waals surface area contributed by atoms with E-state index in [2.05, 4.69) is 5.32 Å². The Hall–Kier alpha value is -1.91. The molecule has 2 N–H and O–H groups in total. The van der Waals surface area contributed by atoms with E-state index in [0.29, 0.717) is 24.1 Å². The summed E-state index contributed by atoms with van der Waals surface area (Å²) in [5.74, 6) is -1.57. The lowest BCUT2D eigenvalue weighted by molar-refractivity contribution is -0.137. The van der Waals surface area contributed by atoms with Gasteiger partial charge in [-0.25, -0.2) is 4.39 Å². The summed E-state index contributed by atoms with van der Waals surface area (Å²) in [6.45, 7) is 1.87. The van der Waals surface area contributed by atoms with Crippen LogP contribution in [0.4, 0.5) is 4.39 Å². The van der Waals surface area contributed by atoms with E-state index in [0.717, 1.165) is 0 Å². The van der Waals surface area contributed by atoms with Gasteiger partial charge in [0.2, 0.25) is 0 Å². The Kier molecular flexibility index (Phi) is 4.63. The molecule has 5 heteroatoms. The first kappa shape index (κ1) is 13.2. The van der Waals surface area contributed by atoms with Crippen LogP contribution in [0.1, 0.15) is 28.8 Å². The molecule has 0 saturated carbocycles. The van der Waals surface area contributed by atoms with Gasteiger partial charge >= 0.3 is 5.97 Å². The summed E-state index contributed by atoms with van der Waals surface area (Å²) < 4.78 is 13.0. The largest absolute Gasteiger partial charge is 0.481 e. The number of rotatable bonds is 5.